The van der Waals surface area contributed by atoms with Crippen LogP contribution in [0.3, 0.4) is 0 Å². The predicted molar refractivity (Wildman–Crippen MR) is 88.1 cm³/mol. The molecular formula is C17H12N4O2. The lowest BCUT2D eigenvalue weighted by atomic mass is 10.1. The number of para-hydroxylation sites is 2. The molecule has 6 heteroatoms. The number of hydrogen-bond acceptors (Lipinski definition) is 4. The van der Waals surface area contributed by atoms with E-state index in [0.717, 1.165) is 16.6 Å². The summed E-state index contributed by atoms with van der Waals surface area (Å²) in [5.74, 6) is 0.436. The van der Waals surface area contributed by atoms with Crippen molar-refractivity contribution in [1.82, 2.24) is 15.1 Å². The van der Waals surface area contributed by atoms with Gasteiger partial charge in [0.25, 0.3) is 0 Å². The predicted octanol–water partition coefficient (Wildman–Crippen LogP) is 3.26. The number of rotatable bonds is 3. The molecule has 0 saturated heterocycles. The maximum Gasteiger partial charge on any atom is 0.366 e. The number of nitrogens with zero attached hydrogens (tertiary/aromatic N) is 2. The highest BCUT2D eigenvalue weighted by molar-refractivity contribution is 5.89. The van der Waals surface area contributed by atoms with E-state index in [0.29, 0.717) is 17.2 Å². The van der Waals surface area contributed by atoms with E-state index in [9.17, 15) is 4.79 Å². The molecule has 4 aromatic rings. The SMILES string of the molecule is O=c1o[nH]c(-c2ccccc2)c1C=Nc1nc2ccccc2[nH]1. The van der Waals surface area contributed by atoms with Gasteiger partial charge in [-0.05, 0) is 12.1 Å². The summed E-state index contributed by atoms with van der Waals surface area (Å²) in [7, 11) is 0. The fourth-order valence-electron chi connectivity index (χ4n) is 2.37. The lowest BCUT2D eigenvalue weighted by Crippen LogP contribution is -2.01. The van der Waals surface area contributed by atoms with E-state index in [2.05, 4.69) is 20.1 Å². The summed E-state index contributed by atoms with van der Waals surface area (Å²) in [4.78, 5) is 23.6. The Morgan fingerprint density at radius 2 is 1.83 bits per heavy atom. The minimum Gasteiger partial charge on any atom is -0.338 e. The first kappa shape index (κ1) is 13.3. The van der Waals surface area contributed by atoms with Gasteiger partial charge in [-0.3, -0.25) is 0 Å². The molecule has 112 valence electrons. The number of aliphatic imine (C=N–C) groups is 1. The number of benzene rings is 2. The minimum atomic E-state index is -0.469. The molecule has 0 saturated carbocycles. The van der Waals surface area contributed by atoms with Crippen LogP contribution in [0.25, 0.3) is 22.3 Å². The van der Waals surface area contributed by atoms with Gasteiger partial charge in [0.2, 0.25) is 5.95 Å². The lowest BCUT2D eigenvalue weighted by Gasteiger charge is -1.96. The topological polar surface area (TPSA) is 87.0 Å². The maximum atomic E-state index is 11.9. The van der Waals surface area contributed by atoms with Crippen molar-refractivity contribution in [2.75, 3.05) is 0 Å². The van der Waals surface area contributed by atoms with Gasteiger partial charge >= 0.3 is 5.63 Å². The van der Waals surface area contributed by atoms with Crippen LogP contribution in [-0.4, -0.2) is 21.3 Å². The number of nitrogens with one attached hydrogen (secondary N) is 2. The van der Waals surface area contributed by atoms with Gasteiger partial charge in [-0.15, -0.1) is 0 Å². The number of aromatic amines is 2. The Balaban J connectivity index is 1.74. The van der Waals surface area contributed by atoms with Crippen LogP contribution in [-0.2, 0) is 0 Å². The number of fused-ring (bicyclic) bond motifs is 1. The first-order chi connectivity index (χ1) is 11.3. The maximum absolute atomic E-state index is 11.9. The Hall–Kier alpha value is -3.41. The zero-order valence-corrected chi connectivity index (χ0v) is 12.0. The fraction of sp³-hybridized carbons (Fsp3) is 0. The molecule has 0 amide bonds. The third kappa shape index (κ3) is 2.46. The van der Waals surface area contributed by atoms with Crippen molar-refractivity contribution in [3.63, 3.8) is 0 Å². The van der Waals surface area contributed by atoms with Crippen LogP contribution in [0, 0.1) is 0 Å². The van der Waals surface area contributed by atoms with Crippen molar-refractivity contribution in [3.8, 4) is 11.3 Å². The van der Waals surface area contributed by atoms with Crippen LogP contribution in [0.4, 0.5) is 5.95 Å². The third-order valence-corrected chi connectivity index (χ3v) is 3.49. The Bertz CT molecular complexity index is 1010. The molecule has 23 heavy (non-hydrogen) atoms. The first-order valence-corrected chi connectivity index (χ1v) is 7.07. The average Bonchev–Trinajstić information content (AvgIpc) is 3.16. The molecule has 0 spiro atoms. The molecule has 2 N–H and O–H groups in total. The summed E-state index contributed by atoms with van der Waals surface area (Å²) in [5.41, 5.74) is 3.05. The van der Waals surface area contributed by atoms with Gasteiger partial charge in [0, 0.05) is 11.8 Å². The molecule has 0 aliphatic carbocycles. The van der Waals surface area contributed by atoms with Crippen LogP contribution in [0.1, 0.15) is 5.56 Å². The highest BCUT2D eigenvalue weighted by atomic mass is 16.5. The summed E-state index contributed by atoms with van der Waals surface area (Å²) < 4.78 is 4.89. The molecule has 0 bridgehead atoms. The molecule has 0 unspecified atom stereocenters. The summed E-state index contributed by atoms with van der Waals surface area (Å²) in [6.45, 7) is 0. The van der Waals surface area contributed by atoms with Crippen molar-refractivity contribution in [1.29, 1.82) is 0 Å². The van der Waals surface area contributed by atoms with Gasteiger partial charge in [0.1, 0.15) is 5.56 Å². The van der Waals surface area contributed by atoms with E-state index in [4.69, 9.17) is 4.52 Å². The fourth-order valence-corrected chi connectivity index (χ4v) is 2.37. The van der Waals surface area contributed by atoms with Gasteiger partial charge in [0.15, 0.2) is 0 Å². The Labute approximate surface area is 130 Å². The van der Waals surface area contributed by atoms with Gasteiger partial charge < -0.3 is 9.51 Å². The van der Waals surface area contributed by atoms with E-state index in [1.807, 2.05) is 54.6 Å². The summed E-state index contributed by atoms with van der Waals surface area (Å²) >= 11 is 0. The first-order valence-electron chi connectivity index (χ1n) is 7.07. The molecule has 2 heterocycles. The quantitative estimate of drug-likeness (QED) is 0.569. The van der Waals surface area contributed by atoms with Crippen LogP contribution in [0.5, 0.6) is 0 Å². The van der Waals surface area contributed by atoms with E-state index in [1.54, 1.807) is 0 Å². The van der Waals surface area contributed by atoms with E-state index < -0.39 is 5.63 Å². The number of aromatic nitrogens is 3. The number of H-pyrrole nitrogens is 2. The highest BCUT2D eigenvalue weighted by Crippen LogP contribution is 2.19. The summed E-state index contributed by atoms with van der Waals surface area (Å²) in [6, 6.07) is 17.1. The van der Waals surface area contributed by atoms with Gasteiger partial charge in [-0.25, -0.2) is 19.9 Å². The molecule has 4 rings (SSSR count). The average molecular weight is 304 g/mol. The number of imidazole rings is 1. The second-order valence-corrected chi connectivity index (χ2v) is 4.98. The highest BCUT2D eigenvalue weighted by Gasteiger charge is 2.12. The van der Waals surface area contributed by atoms with E-state index in [1.165, 1.54) is 6.21 Å². The van der Waals surface area contributed by atoms with Crippen LogP contribution < -0.4 is 5.63 Å². The Morgan fingerprint density at radius 1 is 1.04 bits per heavy atom. The largest absolute Gasteiger partial charge is 0.366 e. The van der Waals surface area contributed by atoms with Gasteiger partial charge in [-0.2, -0.15) is 0 Å². The normalized spacial score (nSPS) is 11.5. The van der Waals surface area contributed by atoms with Crippen molar-refractivity contribution in [2.45, 2.75) is 0 Å². The van der Waals surface area contributed by atoms with Crippen LogP contribution >= 0.6 is 0 Å². The van der Waals surface area contributed by atoms with Crippen molar-refractivity contribution in [2.24, 2.45) is 4.99 Å². The minimum absolute atomic E-state index is 0.358. The molecule has 2 aromatic carbocycles. The Kier molecular flexibility index (Phi) is 3.12. The van der Waals surface area contributed by atoms with E-state index >= 15 is 0 Å². The number of hydrogen-bond donors (Lipinski definition) is 2. The molecule has 0 radical (unpaired) electrons. The summed E-state index contributed by atoms with van der Waals surface area (Å²) in [6.07, 6.45) is 1.46. The summed E-state index contributed by atoms with van der Waals surface area (Å²) in [5, 5.41) is 2.64. The Morgan fingerprint density at radius 3 is 2.65 bits per heavy atom. The standard InChI is InChI=1S/C17H12N4O2/c22-16-12(15(21-23-16)11-6-2-1-3-7-11)10-18-17-19-13-8-4-5-9-14(13)20-17/h1-10,21H,(H,19,20). The molecule has 0 aliphatic heterocycles. The van der Waals surface area contributed by atoms with Crippen LogP contribution in [0.2, 0.25) is 0 Å². The molecule has 0 aliphatic rings. The molecule has 0 fully saturated rings. The molecule has 0 atom stereocenters. The molecule has 2 aromatic heterocycles. The third-order valence-electron chi connectivity index (χ3n) is 3.49. The second-order valence-electron chi connectivity index (χ2n) is 4.98. The monoisotopic (exact) mass is 304 g/mol. The lowest BCUT2D eigenvalue weighted by molar-refractivity contribution is 0.393. The molecular weight excluding hydrogens is 292 g/mol. The second kappa shape index (κ2) is 5.42. The zero-order chi connectivity index (χ0) is 15.6. The van der Waals surface area contributed by atoms with Gasteiger partial charge in [0.05, 0.1) is 16.7 Å². The van der Waals surface area contributed by atoms with Crippen molar-refractivity contribution in [3.05, 3.63) is 70.6 Å². The van der Waals surface area contributed by atoms with E-state index in [-0.39, 0.29) is 0 Å². The van der Waals surface area contributed by atoms with Crippen molar-refractivity contribution < 1.29 is 4.52 Å². The zero-order valence-electron chi connectivity index (χ0n) is 12.0. The van der Waals surface area contributed by atoms with Gasteiger partial charge in [-0.1, -0.05) is 42.5 Å². The van der Waals surface area contributed by atoms with Crippen molar-refractivity contribution >= 4 is 23.2 Å². The smallest absolute Gasteiger partial charge is 0.338 e. The molecule has 6 nitrogen and oxygen atoms in total. The van der Waals surface area contributed by atoms with Crippen LogP contribution in [0.15, 0.2) is 68.9 Å².